The van der Waals surface area contributed by atoms with Gasteiger partial charge >= 0.3 is 31.7 Å². The van der Waals surface area contributed by atoms with Crippen molar-refractivity contribution in [1.82, 2.24) is 0 Å². The lowest BCUT2D eigenvalue weighted by Crippen LogP contribution is -2.70. The van der Waals surface area contributed by atoms with Gasteiger partial charge in [0.2, 0.25) is 0 Å². The van der Waals surface area contributed by atoms with E-state index in [0.29, 0.717) is 44.9 Å². The number of aliphatic hydroxyl groups excluding tert-OH is 9. The number of phosphoric ester groups is 1. The summed E-state index contributed by atoms with van der Waals surface area (Å²) in [7, 11) is -5.81. The highest BCUT2D eigenvalue weighted by atomic mass is 31.2. The maximum atomic E-state index is 14.9. The molecule has 18 atom stereocenters. The van der Waals surface area contributed by atoms with E-state index in [1.807, 2.05) is 0 Å². The molecule has 2 saturated heterocycles. The van der Waals surface area contributed by atoms with Crippen molar-refractivity contribution in [2.45, 2.75) is 479 Å². The molecule has 672 valence electrons. The Kier molecular flexibility index (Phi) is 62.8. The van der Waals surface area contributed by atoms with Crippen molar-refractivity contribution in [3.63, 3.8) is 0 Å². The van der Waals surface area contributed by atoms with Gasteiger partial charge in [0, 0.05) is 25.7 Å². The van der Waals surface area contributed by atoms with Gasteiger partial charge in [-0.3, -0.25) is 28.2 Å². The van der Waals surface area contributed by atoms with Crippen molar-refractivity contribution < 1.29 is 122 Å². The molecule has 2 aliphatic heterocycles. The minimum Gasteiger partial charge on any atom is -0.463 e. The fourth-order valence-corrected chi connectivity index (χ4v) is 15.7. The zero-order valence-electron chi connectivity index (χ0n) is 71.3. The van der Waals surface area contributed by atoms with Crippen molar-refractivity contribution in [1.29, 1.82) is 0 Å². The van der Waals surface area contributed by atoms with Crippen LogP contribution in [-0.4, -0.2) is 205 Å². The summed E-state index contributed by atoms with van der Waals surface area (Å²) < 4.78 is 73.3. The number of phosphoric acid groups is 1. The summed E-state index contributed by atoms with van der Waals surface area (Å²) in [5.41, 5.74) is 0. The second-order valence-corrected chi connectivity index (χ2v) is 33.9. The predicted octanol–water partition coefficient (Wildman–Crippen LogP) is 16.3. The molecule has 3 fully saturated rings. The molecule has 1 saturated carbocycles. The third-order valence-corrected chi connectivity index (χ3v) is 23.1. The molecule has 0 spiro atoms. The fraction of sp³-hybridized carbons (Fsp3) is 0.888. The Morgan fingerprint density at radius 1 is 0.339 bits per heavy atom. The molecule has 115 heavy (non-hydrogen) atoms. The van der Waals surface area contributed by atoms with Crippen LogP contribution in [0.3, 0.4) is 0 Å². The number of hydrogen-bond acceptors (Lipinski definition) is 24. The molecular weight excluding hydrogens is 1500 g/mol. The lowest BCUT2D eigenvalue weighted by Gasteiger charge is -2.50. The topological polar surface area (TPSA) is 380 Å². The van der Waals surface area contributed by atoms with Crippen LogP contribution >= 0.6 is 7.82 Å². The van der Waals surface area contributed by atoms with Gasteiger partial charge in [0.15, 0.2) is 24.8 Å². The maximum absolute atomic E-state index is 14.9. The molecule has 26 heteroatoms. The quantitative estimate of drug-likeness (QED) is 0.00889. The summed E-state index contributed by atoms with van der Waals surface area (Å²) in [4.78, 5) is 66.3. The van der Waals surface area contributed by atoms with Gasteiger partial charge in [-0.25, -0.2) is 4.57 Å². The Bertz CT molecular complexity index is 2540. The summed E-state index contributed by atoms with van der Waals surface area (Å²) in [6.45, 7) is 5.53. The molecule has 3 aliphatic rings. The summed E-state index contributed by atoms with van der Waals surface area (Å²) >= 11 is 0. The van der Waals surface area contributed by atoms with Gasteiger partial charge < -0.3 is 88.7 Å². The SMILES string of the molecule is CCCCCC/C=C\CCCCCCCCCC(=O)OC(COC(=O)CCCCCCCCCCCCCCC)COP(=O)(O)OC1C(OC2OC(CO)C(O)C(O)C2O)C(O)C(O)C(OC(=O)CCCCCCCCC/C=C\CCCCCC)C1OC1OC(COC(=O)CCCCC/C=C\CCCCCCCC)C(O)C(O)C1O. The van der Waals surface area contributed by atoms with Crippen LogP contribution in [0.1, 0.15) is 374 Å². The highest BCUT2D eigenvalue weighted by Gasteiger charge is 2.60. The van der Waals surface area contributed by atoms with Crippen LogP contribution in [0.5, 0.6) is 0 Å². The number of carbonyl (C=O) groups is 4. The lowest BCUT2D eigenvalue weighted by molar-refractivity contribution is -0.360. The highest BCUT2D eigenvalue weighted by Crippen LogP contribution is 2.49. The molecule has 2 heterocycles. The van der Waals surface area contributed by atoms with Crippen LogP contribution in [0.25, 0.3) is 0 Å². The Balaban J connectivity index is 1.94. The number of unbranched alkanes of at least 4 members (excludes halogenated alkanes) is 43. The molecule has 1 aliphatic carbocycles. The standard InChI is InChI=1S/C89H161O25P/c1-5-9-13-17-21-25-29-33-35-39-43-47-51-55-59-63-74(93)108-69(66-105-72(91)61-57-53-49-45-41-37-31-27-23-19-15-11-7-3)67-107-115(103,104)114-87-85(112-88-82(101)78(97)76(95)70(65-90)109-88)81(100)80(99)84(111-75(94)64-60-56-52-48-44-40-36-34-30-26-22-18-14-10-6-2)86(87)113-89-83(102)79(98)77(96)71(110-89)68-106-73(92)62-58-54-50-46-42-38-32-28-24-20-16-12-8-4/h25-26,29-30,38,42,69-71,76-90,95-102H,5-24,27-28,31-37,39-41,43-68H2,1-4H3,(H,103,104)/b29-25-,30-26-,42-38-. The normalized spacial score (nSPS) is 25.4. The fourth-order valence-electron chi connectivity index (χ4n) is 14.8. The second kappa shape index (κ2) is 68.3. The van der Waals surface area contributed by atoms with E-state index in [1.54, 1.807) is 0 Å². The summed E-state index contributed by atoms with van der Waals surface area (Å²) in [5.74, 6) is -2.99. The van der Waals surface area contributed by atoms with Gasteiger partial charge in [0.1, 0.15) is 92.6 Å². The average molecular weight is 1660 g/mol. The number of carbonyl (C=O) groups excluding carboxylic acids is 4. The molecule has 0 amide bonds. The zero-order valence-corrected chi connectivity index (χ0v) is 72.2. The minimum absolute atomic E-state index is 0.00757. The molecular formula is C89H161O25P. The van der Waals surface area contributed by atoms with Crippen molar-refractivity contribution in [3.8, 4) is 0 Å². The van der Waals surface area contributed by atoms with Crippen molar-refractivity contribution >= 4 is 31.7 Å². The predicted molar refractivity (Wildman–Crippen MR) is 444 cm³/mol. The molecule has 0 radical (unpaired) electrons. The summed E-state index contributed by atoms with van der Waals surface area (Å²) in [6, 6.07) is 0. The van der Waals surface area contributed by atoms with E-state index in [4.69, 9.17) is 46.9 Å². The van der Waals surface area contributed by atoms with Gasteiger partial charge in [-0.15, -0.1) is 0 Å². The molecule has 18 unspecified atom stereocenters. The number of allylic oxidation sites excluding steroid dienone is 6. The van der Waals surface area contributed by atoms with Crippen LogP contribution in [0, 0.1) is 0 Å². The summed E-state index contributed by atoms with van der Waals surface area (Å²) in [6.07, 6.45) is 28.6. The maximum Gasteiger partial charge on any atom is 0.472 e. The van der Waals surface area contributed by atoms with Crippen molar-refractivity contribution in [2.75, 3.05) is 26.4 Å². The molecule has 0 bridgehead atoms. The van der Waals surface area contributed by atoms with E-state index in [0.717, 1.165) is 148 Å². The van der Waals surface area contributed by atoms with E-state index in [1.165, 1.54) is 128 Å². The molecule has 3 rings (SSSR count). The van der Waals surface area contributed by atoms with Crippen LogP contribution in [-0.2, 0) is 70.7 Å². The summed E-state index contributed by atoms with van der Waals surface area (Å²) in [5, 5.41) is 102. The first kappa shape index (κ1) is 106. The first-order valence-corrected chi connectivity index (χ1v) is 47.2. The van der Waals surface area contributed by atoms with Gasteiger partial charge in [-0.1, -0.05) is 282 Å². The first-order chi connectivity index (χ1) is 55.7. The monoisotopic (exact) mass is 1660 g/mol. The zero-order chi connectivity index (χ0) is 84.0. The molecule has 10 N–H and O–H groups in total. The molecule has 0 aromatic heterocycles. The third kappa shape index (κ3) is 48.8. The Labute approximate surface area is 691 Å². The van der Waals surface area contributed by atoms with E-state index in [2.05, 4.69) is 64.2 Å². The van der Waals surface area contributed by atoms with Crippen molar-refractivity contribution in [2.24, 2.45) is 0 Å². The van der Waals surface area contributed by atoms with E-state index < -0.39 is 162 Å². The number of hydrogen-bond donors (Lipinski definition) is 10. The number of esters is 4. The molecule has 0 aromatic rings. The Morgan fingerprint density at radius 2 is 0.652 bits per heavy atom. The largest absolute Gasteiger partial charge is 0.472 e. The Morgan fingerprint density at radius 3 is 1.05 bits per heavy atom. The third-order valence-electron chi connectivity index (χ3n) is 22.1. The second-order valence-electron chi connectivity index (χ2n) is 32.4. The van der Waals surface area contributed by atoms with E-state index in [-0.39, 0.29) is 25.7 Å². The van der Waals surface area contributed by atoms with Crippen LogP contribution in [0.2, 0.25) is 0 Å². The highest BCUT2D eigenvalue weighted by molar-refractivity contribution is 7.47. The van der Waals surface area contributed by atoms with E-state index in [9.17, 15) is 74.6 Å². The van der Waals surface area contributed by atoms with Gasteiger partial charge in [-0.2, -0.15) is 0 Å². The van der Waals surface area contributed by atoms with Crippen LogP contribution in [0.15, 0.2) is 36.5 Å². The Hall–Kier alpha value is -3.31. The minimum atomic E-state index is -5.81. The van der Waals surface area contributed by atoms with Gasteiger partial charge in [0.05, 0.1) is 13.2 Å². The molecule has 0 aromatic carbocycles. The van der Waals surface area contributed by atoms with Gasteiger partial charge in [0.25, 0.3) is 0 Å². The lowest BCUT2D eigenvalue weighted by atomic mass is 9.84. The number of aliphatic hydroxyl groups is 9. The van der Waals surface area contributed by atoms with E-state index >= 15 is 0 Å². The van der Waals surface area contributed by atoms with Gasteiger partial charge in [-0.05, 0) is 103 Å². The molecule has 25 nitrogen and oxygen atoms in total. The first-order valence-electron chi connectivity index (χ1n) is 45.7. The van der Waals surface area contributed by atoms with Crippen LogP contribution < -0.4 is 0 Å². The number of ether oxygens (including phenoxy) is 8. The smallest absolute Gasteiger partial charge is 0.463 e. The van der Waals surface area contributed by atoms with Crippen molar-refractivity contribution in [3.05, 3.63) is 36.5 Å². The number of rotatable bonds is 73. The van der Waals surface area contributed by atoms with Crippen LogP contribution in [0.4, 0.5) is 0 Å². The average Bonchev–Trinajstić information content (AvgIpc) is 0.750.